The summed E-state index contributed by atoms with van der Waals surface area (Å²) >= 11 is 0. The van der Waals surface area contributed by atoms with Crippen molar-refractivity contribution >= 4 is 11.8 Å². The van der Waals surface area contributed by atoms with Gasteiger partial charge in [-0.1, -0.05) is 67.1 Å². The van der Waals surface area contributed by atoms with Gasteiger partial charge in [0.2, 0.25) is 0 Å². The molecular weight excluding hydrogens is 433 g/mol. The summed E-state index contributed by atoms with van der Waals surface area (Å²) in [6.45, 7) is -0.187. The van der Waals surface area contributed by atoms with Gasteiger partial charge in [0.25, 0.3) is 0 Å². The second-order valence-electron chi connectivity index (χ2n) is 8.23. The first-order valence-electron chi connectivity index (χ1n) is 11.2. The van der Waals surface area contributed by atoms with Gasteiger partial charge < -0.3 is 15.0 Å². The number of hydrogen-bond donors (Lipinski definition) is 1. The third-order valence-corrected chi connectivity index (χ3v) is 5.64. The number of ether oxygens (including phenoxy) is 1. The average molecular weight is 463 g/mol. The van der Waals surface area contributed by atoms with Gasteiger partial charge in [0, 0.05) is 13.1 Å². The zero-order valence-electron chi connectivity index (χ0n) is 18.4. The van der Waals surface area contributed by atoms with Crippen LogP contribution in [0.4, 0.5) is 13.2 Å². The zero-order valence-corrected chi connectivity index (χ0v) is 18.4. The average Bonchev–Trinajstić information content (AvgIpc) is 2.80. The number of alkyl halides is 3. The van der Waals surface area contributed by atoms with E-state index in [9.17, 15) is 22.8 Å². The van der Waals surface area contributed by atoms with Gasteiger partial charge >= 0.3 is 18.0 Å². The van der Waals surface area contributed by atoms with Crippen LogP contribution in [0.5, 0.6) is 0 Å². The zero-order chi connectivity index (χ0) is 23.7. The van der Waals surface area contributed by atoms with Gasteiger partial charge in [-0.2, -0.15) is 13.2 Å². The number of hydrogen-bond acceptors (Lipinski definition) is 3. The highest BCUT2D eigenvalue weighted by molar-refractivity contribution is 6.35. The van der Waals surface area contributed by atoms with E-state index in [4.69, 9.17) is 4.74 Å². The summed E-state index contributed by atoms with van der Waals surface area (Å²) in [6, 6.07) is 19.1. The van der Waals surface area contributed by atoms with E-state index >= 15 is 0 Å². The summed E-state index contributed by atoms with van der Waals surface area (Å²) in [7, 11) is 0. The molecule has 0 saturated carbocycles. The molecule has 1 heterocycles. The standard InChI is InChI=1S/C25H29F3N2O3/c26-25(27,28)17-21-18-30(15-16-33-21)24(32)23(31)29-22(20-12-5-2-6-13-20)14-8-7-11-19-9-3-1-4-10-19/h1-6,9-10,12-13,21-22H,7-8,11,14-18H2,(H,29,31). The second kappa shape index (κ2) is 11.8. The van der Waals surface area contributed by atoms with Crippen molar-refractivity contribution in [3.8, 4) is 0 Å². The van der Waals surface area contributed by atoms with Crippen LogP contribution in [0.25, 0.3) is 0 Å². The monoisotopic (exact) mass is 462 g/mol. The smallest absolute Gasteiger partial charge is 0.374 e. The number of amides is 2. The molecule has 5 nitrogen and oxygen atoms in total. The van der Waals surface area contributed by atoms with E-state index in [1.807, 2.05) is 48.5 Å². The van der Waals surface area contributed by atoms with Crippen molar-refractivity contribution in [1.82, 2.24) is 10.2 Å². The molecule has 1 aliphatic rings. The molecule has 2 aromatic rings. The molecule has 2 amide bonds. The Morgan fingerprint density at radius 1 is 1.03 bits per heavy atom. The lowest BCUT2D eigenvalue weighted by atomic mass is 9.99. The first-order valence-corrected chi connectivity index (χ1v) is 11.2. The molecule has 0 aliphatic carbocycles. The lowest BCUT2D eigenvalue weighted by molar-refractivity contribution is -0.175. The minimum absolute atomic E-state index is 0.0264. The van der Waals surface area contributed by atoms with E-state index in [2.05, 4.69) is 17.4 Å². The Labute approximate surface area is 191 Å². The molecule has 0 radical (unpaired) electrons. The number of rotatable bonds is 8. The van der Waals surface area contributed by atoms with Crippen LogP contribution in [-0.2, 0) is 20.7 Å². The quantitative estimate of drug-likeness (QED) is 0.466. The maximum Gasteiger partial charge on any atom is 0.391 e. The molecule has 0 bridgehead atoms. The third-order valence-electron chi connectivity index (χ3n) is 5.64. The van der Waals surface area contributed by atoms with Crippen LogP contribution in [-0.4, -0.2) is 48.7 Å². The minimum atomic E-state index is -4.39. The first kappa shape index (κ1) is 24.8. The van der Waals surface area contributed by atoms with E-state index in [1.165, 1.54) is 5.56 Å². The third kappa shape index (κ3) is 8.20. The Bertz CT molecular complexity index is 891. The normalized spacial score (nSPS) is 17.4. The summed E-state index contributed by atoms with van der Waals surface area (Å²) in [5, 5.41) is 2.80. The Balaban J connectivity index is 1.56. The molecule has 2 unspecified atom stereocenters. The summed E-state index contributed by atoms with van der Waals surface area (Å²) < 4.78 is 43.2. The number of nitrogens with one attached hydrogen (secondary N) is 1. The van der Waals surface area contributed by atoms with Crippen molar-refractivity contribution in [2.45, 2.75) is 50.4 Å². The first-order chi connectivity index (χ1) is 15.8. The van der Waals surface area contributed by atoms with E-state index in [-0.39, 0.29) is 25.7 Å². The molecule has 1 aliphatic heterocycles. The summed E-state index contributed by atoms with van der Waals surface area (Å²) in [5.74, 6) is -1.63. The second-order valence-corrected chi connectivity index (χ2v) is 8.23. The van der Waals surface area contributed by atoms with Gasteiger partial charge in [-0.05, 0) is 30.4 Å². The van der Waals surface area contributed by atoms with Crippen LogP contribution >= 0.6 is 0 Å². The number of aryl methyl sites for hydroxylation is 1. The highest BCUT2D eigenvalue weighted by atomic mass is 19.4. The highest BCUT2D eigenvalue weighted by Crippen LogP contribution is 2.25. The highest BCUT2D eigenvalue weighted by Gasteiger charge is 2.37. The van der Waals surface area contributed by atoms with Gasteiger partial charge in [0.1, 0.15) is 0 Å². The predicted octanol–water partition coefficient (Wildman–Crippen LogP) is 4.44. The van der Waals surface area contributed by atoms with Gasteiger partial charge in [-0.25, -0.2) is 0 Å². The largest absolute Gasteiger partial charge is 0.391 e. The Morgan fingerprint density at radius 3 is 2.36 bits per heavy atom. The van der Waals surface area contributed by atoms with E-state index in [1.54, 1.807) is 0 Å². The maximum absolute atomic E-state index is 12.7. The number of unbranched alkanes of at least 4 members (excludes halogenated alkanes) is 1. The van der Waals surface area contributed by atoms with E-state index in [0.717, 1.165) is 29.7 Å². The molecule has 0 aromatic heterocycles. The van der Waals surface area contributed by atoms with Crippen molar-refractivity contribution < 1.29 is 27.5 Å². The summed E-state index contributed by atoms with van der Waals surface area (Å²) in [5.41, 5.74) is 2.13. The maximum atomic E-state index is 12.7. The summed E-state index contributed by atoms with van der Waals surface area (Å²) in [6.07, 6.45) is -3.35. The molecule has 1 N–H and O–H groups in total. The van der Waals surface area contributed by atoms with Crippen molar-refractivity contribution in [2.75, 3.05) is 19.7 Å². The molecular formula is C25H29F3N2O3. The van der Waals surface area contributed by atoms with Gasteiger partial charge in [-0.15, -0.1) is 0 Å². The number of halogens is 3. The molecule has 2 aromatic carbocycles. The topological polar surface area (TPSA) is 58.6 Å². The number of nitrogens with zero attached hydrogens (tertiary/aromatic N) is 1. The Morgan fingerprint density at radius 2 is 1.70 bits per heavy atom. The Kier molecular flexibility index (Phi) is 8.88. The van der Waals surface area contributed by atoms with Crippen LogP contribution in [0.1, 0.15) is 42.9 Å². The number of morpholine rings is 1. The van der Waals surface area contributed by atoms with Gasteiger partial charge in [0.15, 0.2) is 0 Å². The lowest BCUT2D eigenvalue weighted by Gasteiger charge is -2.33. The number of carbonyl (C=O) groups is 2. The predicted molar refractivity (Wildman–Crippen MR) is 118 cm³/mol. The fraction of sp³-hybridized carbons (Fsp3) is 0.440. The Hall–Kier alpha value is -2.87. The van der Waals surface area contributed by atoms with Crippen molar-refractivity contribution in [2.24, 2.45) is 0 Å². The molecule has 8 heteroatoms. The van der Waals surface area contributed by atoms with E-state index in [0.29, 0.717) is 6.42 Å². The van der Waals surface area contributed by atoms with Crippen LogP contribution < -0.4 is 5.32 Å². The van der Waals surface area contributed by atoms with Crippen molar-refractivity contribution in [3.63, 3.8) is 0 Å². The number of benzene rings is 2. The minimum Gasteiger partial charge on any atom is -0.374 e. The van der Waals surface area contributed by atoms with Crippen LogP contribution in [0, 0.1) is 0 Å². The molecule has 0 spiro atoms. The van der Waals surface area contributed by atoms with Gasteiger partial charge in [-0.3, -0.25) is 9.59 Å². The fourth-order valence-electron chi connectivity index (χ4n) is 3.98. The van der Waals surface area contributed by atoms with Crippen LogP contribution in [0.15, 0.2) is 60.7 Å². The fourth-order valence-corrected chi connectivity index (χ4v) is 3.98. The van der Waals surface area contributed by atoms with E-state index < -0.39 is 30.5 Å². The number of carbonyl (C=O) groups excluding carboxylic acids is 2. The van der Waals surface area contributed by atoms with Crippen LogP contribution in [0.3, 0.4) is 0 Å². The summed E-state index contributed by atoms with van der Waals surface area (Å²) in [4.78, 5) is 26.5. The van der Waals surface area contributed by atoms with Crippen molar-refractivity contribution in [1.29, 1.82) is 0 Å². The molecule has 1 fully saturated rings. The molecule has 1 saturated heterocycles. The molecule has 2 atom stereocenters. The molecule has 3 rings (SSSR count). The molecule has 33 heavy (non-hydrogen) atoms. The van der Waals surface area contributed by atoms with Crippen LogP contribution in [0.2, 0.25) is 0 Å². The molecule has 178 valence electrons. The van der Waals surface area contributed by atoms with Gasteiger partial charge in [0.05, 0.1) is 25.2 Å². The SMILES string of the molecule is O=C(NC(CCCCc1ccccc1)c1ccccc1)C(=O)N1CCOC(CC(F)(F)F)C1. The van der Waals surface area contributed by atoms with Crippen molar-refractivity contribution in [3.05, 3.63) is 71.8 Å². The lowest BCUT2D eigenvalue weighted by Crippen LogP contribution is -2.51.